The summed E-state index contributed by atoms with van der Waals surface area (Å²) >= 11 is 3.40. The van der Waals surface area contributed by atoms with Gasteiger partial charge in [0.1, 0.15) is 0 Å². The van der Waals surface area contributed by atoms with Crippen molar-refractivity contribution >= 4 is 15.9 Å². The number of allylic oxidation sites excluding steroid dienone is 1. The monoisotopic (exact) mass is 240 g/mol. The van der Waals surface area contributed by atoms with E-state index in [0.717, 1.165) is 22.9 Å². The van der Waals surface area contributed by atoms with Gasteiger partial charge in [0.15, 0.2) is 0 Å². The lowest BCUT2D eigenvalue weighted by atomic mass is 10.1. The van der Waals surface area contributed by atoms with Gasteiger partial charge in [-0.3, -0.25) is 0 Å². The van der Waals surface area contributed by atoms with Crippen molar-refractivity contribution in [3.05, 3.63) is 47.0 Å². The summed E-state index contributed by atoms with van der Waals surface area (Å²) in [6.07, 6.45) is 2.99. The van der Waals surface area contributed by atoms with Crippen LogP contribution in [0, 0.1) is 0 Å². The summed E-state index contributed by atoms with van der Waals surface area (Å²) < 4.78 is 0.964. The molecule has 2 heteroatoms. The molecular formula is C11H13BrO. The Bertz CT molecular complexity index is 283. The molecule has 1 atom stereocenters. The van der Waals surface area contributed by atoms with Gasteiger partial charge < -0.3 is 5.11 Å². The molecule has 0 aliphatic rings. The predicted molar refractivity (Wildman–Crippen MR) is 58.5 cm³/mol. The van der Waals surface area contributed by atoms with Crippen LogP contribution in [-0.4, -0.2) is 5.11 Å². The molecule has 0 amide bonds. The minimum Gasteiger partial charge on any atom is -0.388 e. The lowest BCUT2D eigenvalue weighted by Gasteiger charge is -2.10. The molecule has 1 aromatic carbocycles. The van der Waals surface area contributed by atoms with Crippen molar-refractivity contribution < 1.29 is 5.11 Å². The first-order valence-corrected chi connectivity index (χ1v) is 5.08. The number of hydrogen-bond donors (Lipinski definition) is 1. The fourth-order valence-electron chi connectivity index (χ4n) is 1.18. The molecule has 0 heterocycles. The van der Waals surface area contributed by atoms with Crippen LogP contribution in [0.4, 0.5) is 0 Å². The van der Waals surface area contributed by atoms with E-state index in [4.69, 9.17) is 0 Å². The summed E-state index contributed by atoms with van der Waals surface area (Å²) in [6, 6.07) is 7.73. The lowest BCUT2D eigenvalue weighted by molar-refractivity contribution is 0.168. The topological polar surface area (TPSA) is 20.2 Å². The molecule has 13 heavy (non-hydrogen) atoms. The Kier molecular flexibility index (Phi) is 4.19. The third-order valence-electron chi connectivity index (χ3n) is 1.91. The second-order valence-electron chi connectivity index (χ2n) is 2.90. The van der Waals surface area contributed by atoms with Crippen molar-refractivity contribution in [2.45, 2.75) is 18.9 Å². The highest BCUT2D eigenvalue weighted by Gasteiger charge is 2.08. The molecule has 0 saturated heterocycles. The Labute approximate surface area is 87.2 Å². The highest BCUT2D eigenvalue weighted by Crippen LogP contribution is 2.25. The smallest absolute Gasteiger partial charge is 0.0803 e. The number of hydrogen-bond acceptors (Lipinski definition) is 1. The zero-order valence-corrected chi connectivity index (χ0v) is 9.00. The number of aliphatic hydroxyl groups excluding tert-OH is 1. The van der Waals surface area contributed by atoms with Crippen LogP contribution in [-0.2, 0) is 0 Å². The first-order valence-electron chi connectivity index (χ1n) is 4.29. The zero-order chi connectivity index (χ0) is 9.68. The molecule has 70 valence electrons. The van der Waals surface area contributed by atoms with Crippen molar-refractivity contribution in [3.8, 4) is 0 Å². The van der Waals surface area contributed by atoms with Gasteiger partial charge >= 0.3 is 0 Å². The van der Waals surface area contributed by atoms with Crippen molar-refractivity contribution in [1.82, 2.24) is 0 Å². The van der Waals surface area contributed by atoms with E-state index in [0.29, 0.717) is 0 Å². The average molecular weight is 241 g/mol. The highest BCUT2D eigenvalue weighted by atomic mass is 79.9. The first kappa shape index (κ1) is 10.5. The molecule has 1 N–H and O–H groups in total. The molecule has 0 unspecified atom stereocenters. The maximum absolute atomic E-state index is 9.75. The molecule has 0 saturated carbocycles. The standard InChI is InChI=1S/C11H13BrO/c1-2-3-8-11(13)9-6-4-5-7-10(9)12/h2,4-7,11,13H,1,3,8H2/t11-/m1/s1. The van der Waals surface area contributed by atoms with Crippen LogP contribution < -0.4 is 0 Å². The van der Waals surface area contributed by atoms with E-state index < -0.39 is 6.10 Å². The molecule has 1 nitrogen and oxygen atoms in total. The summed E-state index contributed by atoms with van der Waals surface area (Å²) in [6.45, 7) is 3.63. The van der Waals surface area contributed by atoms with E-state index in [9.17, 15) is 5.11 Å². The van der Waals surface area contributed by atoms with E-state index >= 15 is 0 Å². The highest BCUT2D eigenvalue weighted by molar-refractivity contribution is 9.10. The molecule has 0 bridgehead atoms. The van der Waals surface area contributed by atoms with Gasteiger partial charge in [-0.15, -0.1) is 6.58 Å². The van der Waals surface area contributed by atoms with Gasteiger partial charge in [-0.25, -0.2) is 0 Å². The molecule has 0 radical (unpaired) electrons. The fourth-order valence-corrected chi connectivity index (χ4v) is 1.73. The molecular weight excluding hydrogens is 228 g/mol. The maximum atomic E-state index is 9.75. The Balaban J connectivity index is 2.70. The van der Waals surface area contributed by atoms with E-state index in [2.05, 4.69) is 22.5 Å². The van der Waals surface area contributed by atoms with Crippen molar-refractivity contribution in [2.24, 2.45) is 0 Å². The summed E-state index contributed by atoms with van der Waals surface area (Å²) in [4.78, 5) is 0. The quantitative estimate of drug-likeness (QED) is 0.800. The van der Waals surface area contributed by atoms with Crippen LogP contribution in [0.2, 0.25) is 0 Å². The lowest BCUT2D eigenvalue weighted by Crippen LogP contribution is -1.97. The van der Waals surface area contributed by atoms with E-state index in [1.54, 1.807) is 0 Å². The summed E-state index contributed by atoms with van der Waals surface area (Å²) in [5, 5.41) is 9.75. The third kappa shape index (κ3) is 2.98. The number of aliphatic hydroxyl groups is 1. The molecule has 0 aliphatic heterocycles. The van der Waals surface area contributed by atoms with Gasteiger partial charge in [0, 0.05) is 4.47 Å². The van der Waals surface area contributed by atoms with Gasteiger partial charge in [0.2, 0.25) is 0 Å². The second-order valence-corrected chi connectivity index (χ2v) is 3.76. The maximum Gasteiger partial charge on any atom is 0.0803 e. The fraction of sp³-hybridized carbons (Fsp3) is 0.273. The van der Waals surface area contributed by atoms with Crippen molar-refractivity contribution in [1.29, 1.82) is 0 Å². The molecule has 1 aromatic rings. The molecule has 1 rings (SSSR count). The summed E-state index contributed by atoms with van der Waals surface area (Å²) in [7, 11) is 0. The Hall–Kier alpha value is -0.600. The summed E-state index contributed by atoms with van der Waals surface area (Å²) in [5.41, 5.74) is 0.948. The summed E-state index contributed by atoms with van der Waals surface area (Å²) in [5.74, 6) is 0. The van der Waals surface area contributed by atoms with Crippen LogP contribution in [0.1, 0.15) is 24.5 Å². The number of halogens is 1. The third-order valence-corrected chi connectivity index (χ3v) is 2.63. The zero-order valence-electron chi connectivity index (χ0n) is 7.41. The number of benzene rings is 1. The van der Waals surface area contributed by atoms with Gasteiger partial charge in [-0.05, 0) is 24.5 Å². The first-order chi connectivity index (χ1) is 6.25. The van der Waals surface area contributed by atoms with Crippen LogP contribution in [0.3, 0.4) is 0 Å². The van der Waals surface area contributed by atoms with Crippen LogP contribution >= 0.6 is 15.9 Å². The minimum atomic E-state index is -0.395. The molecule has 0 fully saturated rings. The Morgan fingerprint density at radius 2 is 2.15 bits per heavy atom. The van der Waals surface area contributed by atoms with E-state index in [-0.39, 0.29) is 0 Å². The SMILES string of the molecule is C=CCC[C@@H](O)c1ccccc1Br. The number of rotatable bonds is 4. The molecule has 0 aromatic heterocycles. The normalized spacial score (nSPS) is 12.5. The largest absolute Gasteiger partial charge is 0.388 e. The second kappa shape index (κ2) is 5.20. The minimum absolute atomic E-state index is 0.395. The van der Waals surface area contributed by atoms with E-state index in [1.165, 1.54) is 0 Å². The average Bonchev–Trinajstić information content (AvgIpc) is 2.15. The Morgan fingerprint density at radius 3 is 2.77 bits per heavy atom. The van der Waals surface area contributed by atoms with E-state index in [1.807, 2.05) is 30.3 Å². The Morgan fingerprint density at radius 1 is 1.46 bits per heavy atom. The van der Waals surface area contributed by atoms with Gasteiger partial charge in [-0.1, -0.05) is 40.2 Å². The van der Waals surface area contributed by atoms with Crippen molar-refractivity contribution in [3.63, 3.8) is 0 Å². The predicted octanol–water partition coefficient (Wildman–Crippen LogP) is 3.45. The van der Waals surface area contributed by atoms with Gasteiger partial charge in [0.05, 0.1) is 6.10 Å². The van der Waals surface area contributed by atoms with Crippen LogP contribution in [0.5, 0.6) is 0 Å². The van der Waals surface area contributed by atoms with Gasteiger partial charge in [0.25, 0.3) is 0 Å². The van der Waals surface area contributed by atoms with Crippen LogP contribution in [0.25, 0.3) is 0 Å². The van der Waals surface area contributed by atoms with Gasteiger partial charge in [-0.2, -0.15) is 0 Å². The molecule has 0 aliphatic carbocycles. The molecule has 0 spiro atoms. The van der Waals surface area contributed by atoms with Crippen LogP contribution in [0.15, 0.2) is 41.4 Å². The van der Waals surface area contributed by atoms with Crippen molar-refractivity contribution in [2.75, 3.05) is 0 Å².